The lowest BCUT2D eigenvalue weighted by Crippen LogP contribution is -2.62. The lowest BCUT2D eigenvalue weighted by molar-refractivity contribution is -0.206. The molecule has 9 heteroatoms. The van der Waals surface area contributed by atoms with Crippen LogP contribution in [0.3, 0.4) is 0 Å². The van der Waals surface area contributed by atoms with Crippen molar-refractivity contribution in [2.75, 3.05) is 0 Å². The predicted octanol–water partition coefficient (Wildman–Crippen LogP) is 3.28. The van der Waals surface area contributed by atoms with Crippen molar-refractivity contribution in [3.8, 4) is 0 Å². The smallest absolute Gasteiger partial charge is 0.397 e. The van der Waals surface area contributed by atoms with Crippen LogP contribution in [0.15, 0.2) is 0 Å². The molecule has 4 fully saturated rings. The highest BCUT2D eigenvalue weighted by atomic mass is 32.3. The van der Waals surface area contributed by atoms with E-state index in [0.717, 1.165) is 19.3 Å². The summed E-state index contributed by atoms with van der Waals surface area (Å²) in [6.07, 6.45) is 3.91. The largest absolute Gasteiger partial charge is 0.481 e. The van der Waals surface area contributed by atoms with Crippen molar-refractivity contribution in [2.24, 2.45) is 46.3 Å². The van der Waals surface area contributed by atoms with Gasteiger partial charge in [0.25, 0.3) is 0 Å². The third-order valence-electron chi connectivity index (χ3n) is 10.6. The Morgan fingerprint density at radius 2 is 1.79 bits per heavy atom. The first kappa shape index (κ1) is 25.4. The van der Waals surface area contributed by atoms with E-state index in [4.69, 9.17) is 13.8 Å². The van der Waals surface area contributed by atoms with E-state index in [1.165, 1.54) is 0 Å². The molecule has 0 aromatic carbocycles. The Balaban J connectivity index is 1.56. The number of aliphatic hydroxyl groups is 2. The van der Waals surface area contributed by atoms with E-state index in [1.807, 2.05) is 0 Å². The maximum atomic E-state index is 11.5. The molecule has 0 radical (unpaired) electrons. The molecule has 0 saturated heterocycles. The topological polar surface area (TPSA) is 141 Å². The summed E-state index contributed by atoms with van der Waals surface area (Å²) in [7, 11) is -4.51. The maximum Gasteiger partial charge on any atom is 0.397 e. The molecule has 0 bridgehead atoms. The Morgan fingerprint density at radius 3 is 2.42 bits per heavy atom. The van der Waals surface area contributed by atoms with Gasteiger partial charge < -0.3 is 15.3 Å². The van der Waals surface area contributed by atoms with Crippen LogP contribution in [0.25, 0.3) is 0 Å². The molecular weight excluding hydrogens is 448 g/mol. The minimum atomic E-state index is -4.51. The van der Waals surface area contributed by atoms with Crippen molar-refractivity contribution in [2.45, 2.75) is 96.9 Å². The van der Waals surface area contributed by atoms with Gasteiger partial charge in [0.05, 0.1) is 18.3 Å². The molecule has 0 amide bonds. The third kappa shape index (κ3) is 4.37. The summed E-state index contributed by atoms with van der Waals surface area (Å²) in [5.74, 6) is 0.102. The van der Waals surface area contributed by atoms with Crippen molar-refractivity contribution in [1.82, 2.24) is 0 Å². The standard InChI is InChI=1S/C24H40O8S/c1-13(4-7-21(27)28)16-5-6-17-22-18(12-20(26)24(16,17)3)23(2)9-8-15(32-33(29,30)31)10-14(23)11-19(22)25/h13-20,22,25-26H,4-12H2,1-3H3,(H,27,28)(H,29,30,31)/t13-,14+,15-,16-,17+,18+,19-,20+,22+,23+,24-/m1/s1. The van der Waals surface area contributed by atoms with Crippen LogP contribution in [0.4, 0.5) is 0 Å². The van der Waals surface area contributed by atoms with Gasteiger partial charge in [-0.2, -0.15) is 8.42 Å². The number of carboxylic acids is 1. The number of hydrogen-bond acceptors (Lipinski definition) is 6. The van der Waals surface area contributed by atoms with Crippen LogP contribution < -0.4 is 0 Å². The van der Waals surface area contributed by atoms with Gasteiger partial charge in [0.2, 0.25) is 0 Å². The summed E-state index contributed by atoms with van der Waals surface area (Å²) in [4.78, 5) is 11.1. The molecule has 4 saturated carbocycles. The molecule has 4 aliphatic carbocycles. The molecule has 4 rings (SSSR count). The van der Waals surface area contributed by atoms with Crippen molar-refractivity contribution in [3.05, 3.63) is 0 Å². The predicted molar refractivity (Wildman–Crippen MR) is 120 cm³/mol. The number of carboxylic acid groups (broad SMARTS) is 1. The van der Waals surface area contributed by atoms with E-state index >= 15 is 0 Å². The van der Waals surface area contributed by atoms with Gasteiger partial charge in [-0.25, -0.2) is 4.18 Å². The number of fused-ring (bicyclic) bond motifs is 5. The number of aliphatic carboxylic acids is 1. The van der Waals surface area contributed by atoms with Gasteiger partial charge in [-0.05, 0) is 97.7 Å². The third-order valence-corrected chi connectivity index (χ3v) is 11.1. The van der Waals surface area contributed by atoms with Crippen molar-refractivity contribution in [3.63, 3.8) is 0 Å². The van der Waals surface area contributed by atoms with Crippen LogP contribution in [0.2, 0.25) is 0 Å². The Hall–Kier alpha value is -0.740. The number of aliphatic hydroxyl groups excluding tert-OH is 2. The van der Waals surface area contributed by atoms with Crippen molar-refractivity contribution < 1.29 is 37.3 Å². The van der Waals surface area contributed by atoms with Gasteiger partial charge >= 0.3 is 16.4 Å². The molecule has 11 atom stereocenters. The van der Waals surface area contributed by atoms with E-state index in [-0.39, 0.29) is 52.8 Å². The lowest BCUT2D eigenvalue weighted by Gasteiger charge is -2.63. The second kappa shape index (κ2) is 8.73. The van der Waals surface area contributed by atoms with Crippen LogP contribution in [0, 0.1) is 46.3 Å². The molecule has 0 heterocycles. The van der Waals surface area contributed by atoms with Gasteiger partial charge in [-0.3, -0.25) is 9.35 Å². The Bertz CT molecular complexity index is 861. The fraction of sp³-hybridized carbons (Fsp3) is 0.958. The minimum Gasteiger partial charge on any atom is -0.481 e. The van der Waals surface area contributed by atoms with Crippen LogP contribution in [0.5, 0.6) is 0 Å². The van der Waals surface area contributed by atoms with Crippen LogP contribution in [0.1, 0.15) is 78.6 Å². The summed E-state index contributed by atoms with van der Waals surface area (Å²) < 4.78 is 36.4. The SMILES string of the molecule is C[C@H](CCC(=O)O)[C@H]1CC[C@H]2[C@@H]3[C@H](O)C[C@@H]4C[C@H](OS(=O)(=O)O)CC[C@]4(C)[C@H]3C[C@H](O)[C@]12C. The van der Waals surface area contributed by atoms with Crippen LogP contribution in [-0.2, 0) is 19.4 Å². The fourth-order valence-corrected chi connectivity index (χ4v) is 9.45. The molecule has 0 aromatic rings. The number of rotatable bonds is 6. The van der Waals surface area contributed by atoms with E-state index < -0.39 is 34.7 Å². The van der Waals surface area contributed by atoms with Crippen LogP contribution >= 0.6 is 0 Å². The molecule has 190 valence electrons. The molecule has 0 aliphatic heterocycles. The molecule has 0 aromatic heterocycles. The lowest BCUT2D eigenvalue weighted by atomic mass is 9.43. The van der Waals surface area contributed by atoms with Gasteiger partial charge in [-0.1, -0.05) is 20.8 Å². The molecule has 4 N–H and O–H groups in total. The zero-order valence-corrected chi connectivity index (χ0v) is 20.7. The first-order valence-electron chi connectivity index (χ1n) is 12.5. The summed E-state index contributed by atoms with van der Waals surface area (Å²) in [6.45, 7) is 6.48. The quantitative estimate of drug-likeness (QED) is 0.417. The van der Waals surface area contributed by atoms with Gasteiger partial charge in [0, 0.05) is 6.42 Å². The Labute approximate surface area is 197 Å². The zero-order chi connectivity index (χ0) is 24.3. The van der Waals surface area contributed by atoms with E-state index in [0.29, 0.717) is 32.1 Å². The molecule has 33 heavy (non-hydrogen) atoms. The fourth-order valence-electron chi connectivity index (χ4n) is 8.93. The first-order chi connectivity index (χ1) is 15.3. The van der Waals surface area contributed by atoms with E-state index in [9.17, 15) is 23.4 Å². The second-order valence-electron chi connectivity index (χ2n) is 11.9. The highest BCUT2D eigenvalue weighted by Gasteiger charge is 2.65. The normalized spacial score (nSPS) is 48.4. The average Bonchev–Trinajstić information content (AvgIpc) is 3.05. The molecule has 0 spiro atoms. The summed E-state index contributed by atoms with van der Waals surface area (Å²) in [6, 6.07) is 0. The Kier molecular flexibility index (Phi) is 6.71. The highest BCUT2D eigenvalue weighted by Crippen LogP contribution is 2.68. The average molecular weight is 489 g/mol. The van der Waals surface area contributed by atoms with Gasteiger partial charge in [-0.15, -0.1) is 0 Å². The minimum absolute atomic E-state index is 0.0671. The summed E-state index contributed by atoms with van der Waals surface area (Å²) in [5.41, 5.74) is -0.465. The van der Waals surface area contributed by atoms with Crippen molar-refractivity contribution >= 4 is 16.4 Å². The first-order valence-corrected chi connectivity index (χ1v) is 13.9. The number of carbonyl (C=O) groups is 1. The molecule has 4 aliphatic rings. The highest BCUT2D eigenvalue weighted by molar-refractivity contribution is 7.80. The molecule has 8 nitrogen and oxygen atoms in total. The summed E-state index contributed by atoms with van der Waals surface area (Å²) >= 11 is 0. The van der Waals surface area contributed by atoms with Gasteiger partial charge in [0.1, 0.15) is 0 Å². The van der Waals surface area contributed by atoms with Crippen molar-refractivity contribution in [1.29, 1.82) is 0 Å². The number of hydrogen-bond donors (Lipinski definition) is 4. The maximum absolute atomic E-state index is 11.5. The van der Waals surface area contributed by atoms with Crippen LogP contribution in [-0.4, -0.2) is 52.6 Å². The monoisotopic (exact) mass is 488 g/mol. The summed E-state index contributed by atoms with van der Waals surface area (Å²) in [5, 5.41) is 32.0. The Morgan fingerprint density at radius 1 is 1.09 bits per heavy atom. The van der Waals surface area contributed by atoms with Gasteiger partial charge in [0.15, 0.2) is 0 Å². The second-order valence-corrected chi connectivity index (χ2v) is 13.0. The van der Waals surface area contributed by atoms with E-state index in [2.05, 4.69) is 20.8 Å². The zero-order valence-electron chi connectivity index (χ0n) is 19.9. The van der Waals surface area contributed by atoms with E-state index in [1.54, 1.807) is 0 Å². The molecule has 0 unspecified atom stereocenters. The molecular formula is C24H40O8S.